The predicted octanol–water partition coefficient (Wildman–Crippen LogP) is 2.03. The monoisotopic (exact) mass is 367 g/mol. The summed E-state index contributed by atoms with van der Waals surface area (Å²) in [6.07, 6.45) is 1.01. The fourth-order valence-electron chi connectivity index (χ4n) is 2.98. The van der Waals surface area contributed by atoms with E-state index >= 15 is 0 Å². The zero-order valence-corrected chi connectivity index (χ0v) is 14.7. The van der Waals surface area contributed by atoms with E-state index in [0.29, 0.717) is 24.3 Å². The summed E-state index contributed by atoms with van der Waals surface area (Å²) in [6, 6.07) is 14.5. The second-order valence-electron chi connectivity index (χ2n) is 6.34. The van der Waals surface area contributed by atoms with Crippen molar-refractivity contribution in [1.29, 1.82) is 0 Å². The number of benzene rings is 2. The quantitative estimate of drug-likeness (QED) is 0.727. The molecule has 0 bridgehead atoms. The number of nitrogens with one attached hydrogen (secondary N) is 2. The Balaban J connectivity index is 1.73. The van der Waals surface area contributed by atoms with E-state index in [-0.39, 0.29) is 12.5 Å². The van der Waals surface area contributed by atoms with Crippen molar-refractivity contribution in [2.24, 2.45) is 0 Å². The Labute approximate surface area is 157 Å². The molecule has 0 radical (unpaired) electrons. The van der Waals surface area contributed by atoms with E-state index in [1.807, 2.05) is 30.3 Å². The van der Waals surface area contributed by atoms with Crippen molar-refractivity contribution in [3.05, 3.63) is 65.7 Å². The summed E-state index contributed by atoms with van der Waals surface area (Å²) < 4.78 is 0. The number of carbonyl (C=O) groups excluding carboxylic acids is 2. The maximum absolute atomic E-state index is 12.6. The number of nitrogens with zero attached hydrogens (tertiary/aromatic N) is 1. The summed E-state index contributed by atoms with van der Waals surface area (Å²) in [5.41, 5.74) is 1.74. The number of carboxylic acid groups (broad SMARTS) is 1. The smallest absolute Gasteiger partial charge is 0.326 e. The zero-order valence-electron chi connectivity index (χ0n) is 14.7. The molecule has 0 aromatic heterocycles. The van der Waals surface area contributed by atoms with Crippen molar-refractivity contribution in [1.82, 2.24) is 10.6 Å². The van der Waals surface area contributed by atoms with Gasteiger partial charge in [0.25, 0.3) is 5.91 Å². The largest absolute Gasteiger partial charge is 0.480 e. The van der Waals surface area contributed by atoms with Crippen LogP contribution in [0.3, 0.4) is 0 Å². The highest BCUT2D eigenvalue weighted by Crippen LogP contribution is 2.18. The Kier molecular flexibility index (Phi) is 5.71. The van der Waals surface area contributed by atoms with Gasteiger partial charge in [0.2, 0.25) is 0 Å². The molecule has 3 N–H and O–H groups in total. The molecule has 1 aliphatic rings. The van der Waals surface area contributed by atoms with Gasteiger partial charge in [-0.2, -0.15) is 0 Å². The average Bonchev–Trinajstić information content (AvgIpc) is 2.68. The van der Waals surface area contributed by atoms with Gasteiger partial charge < -0.3 is 15.7 Å². The molecule has 2 aromatic rings. The first-order chi connectivity index (χ1) is 13.0. The number of rotatable bonds is 6. The number of carbonyl (C=O) groups is 3. The molecule has 1 heterocycles. The Morgan fingerprint density at radius 3 is 2.63 bits per heavy atom. The lowest BCUT2D eigenvalue weighted by Crippen LogP contribution is -2.46. The van der Waals surface area contributed by atoms with Gasteiger partial charge >= 0.3 is 12.0 Å². The number of amides is 3. The zero-order chi connectivity index (χ0) is 19.2. The van der Waals surface area contributed by atoms with Gasteiger partial charge in [-0.25, -0.2) is 9.59 Å². The molecule has 7 nitrogen and oxygen atoms in total. The molecular weight excluding hydrogens is 346 g/mol. The minimum absolute atomic E-state index is 0.191. The molecule has 1 saturated heterocycles. The third-order valence-corrected chi connectivity index (χ3v) is 4.39. The van der Waals surface area contributed by atoms with E-state index in [0.717, 1.165) is 12.0 Å². The molecule has 0 unspecified atom stereocenters. The van der Waals surface area contributed by atoms with Crippen LogP contribution in [0.5, 0.6) is 0 Å². The van der Waals surface area contributed by atoms with Crippen LogP contribution in [0.4, 0.5) is 10.5 Å². The first-order valence-electron chi connectivity index (χ1n) is 8.77. The number of anilines is 1. The fourth-order valence-corrected chi connectivity index (χ4v) is 2.98. The lowest BCUT2D eigenvalue weighted by atomic mass is 10.1. The Morgan fingerprint density at radius 2 is 1.93 bits per heavy atom. The molecule has 7 heteroatoms. The summed E-state index contributed by atoms with van der Waals surface area (Å²) in [5.74, 6) is -1.59. The Bertz CT molecular complexity index is 838. The topological polar surface area (TPSA) is 98.7 Å². The summed E-state index contributed by atoms with van der Waals surface area (Å²) in [5, 5.41) is 14.8. The molecule has 2 aromatic carbocycles. The Morgan fingerprint density at radius 1 is 1.15 bits per heavy atom. The van der Waals surface area contributed by atoms with Crippen LogP contribution in [-0.4, -0.2) is 42.1 Å². The highest BCUT2D eigenvalue weighted by molar-refractivity contribution is 5.99. The van der Waals surface area contributed by atoms with E-state index in [9.17, 15) is 19.5 Å². The predicted molar refractivity (Wildman–Crippen MR) is 101 cm³/mol. The minimum atomic E-state index is -1.10. The van der Waals surface area contributed by atoms with Gasteiger partial charge in [0, 0.05) is 30.8 Å². The molecule has 140 valence electrons. The van der Waals surface area contributed by atoms with Crippen LogP contribution in [-0.2, 0) is 11.2 Å². The van der Waals surface area contributed by atoms with Crippen LogP contribution in [0.2, 0.25) is 0 Å². The third kappa shape index (κ3) is 4.63. The summed E-state index contributed by atoms with van der Waals surface area (Å²) in [7, 11) is 0. The maximum atomic E-state index is 12.6. The van der Waals surface area contributed by atoms with Gasteiger partial charge in [-0.1, -0.05) is 36.4 Å². The van der Waals surface area contributed by atoms with E-state index in [2.05, 4.69) is 10.6 Å². The molecule has 27 heavy (non-hydrogen) atoms. The molecule has 0 saturated carbocycles. The van der Waals surface area contributed by atoms with Gasteiger partial charge in [-0.05, 0) is 30.2 Å². The summed E-state index contributed by atoms with van der Waals surface area (Å²) in [6.45, 7) is 1.21. The maximum Gasteiger partial charge on any atom is 0.326 e. The van der Waals surface area contributed by atoms with Crippen LogP contribution >= 0.6 is 0 Å². The SMILES string of the molecule is O=C(N[C@@H](Cc1ccccc1)C(=O)O)c1cccc(N2CCCNC2=O)c1. The number of urea groups is 1. The van der Waals surface area contributed by atoms with E-state index in [1.165, 1.54) is 0 Å². The van der Waals surface area contributed by atoms with E-state index < -0.39 is 17.9 Å². The van der Waals surface area contributed by atoms with Gasteiger partial charge in [0.15, 0.2) is 0 Å². The second kappa shape index (κ2) is 8.35. The number of aliphatic carboxylic acids is 1. The highest BCUT2D eigenvalue weighted by atomic mass is 16.4. The van der Waals surface area contributed by atoms with Gasteiger partial charge in [-0.15, -0.1) is 0 Å². The third-order valence-electron chi connectivity index (χ3n) is 4.39. The molecule has 1 fully saturated rings. The average molecular weight is 367 g/mol. The van der Waals surface area contributed by atoms with Crippen LogP contribution in [0.15, 0.2) is 54.6 Å². The van der Waals surface area contributed by atoms with Crippen LogP contribution < -0.4 is 15.5 Å². The second-order valence-corrected chi connectivity index (χ2v) is 6.34. The van der Waals surface area contributed by atoms with E-state index in [1.54, 1.807) is 29.2 Å². The highest BCUT2D eigenvalue weighted by Gasteiger charge is 2.23. The van der Waals surface area contributed by atoms with Crippen molar-refractivity contribution >= 4 is 23.6 Å². The number of carboxylic acids is 1. The number of hydrogen-bond donors (Lipinski definition) is 3. The van der Waals surface area contributed by atoms with Gasteiger partial charge in [0.1, 0.15) is 6.04 Å². The normalized spacial score (nSPS) is 15.0. The van der Waals surface area contributed by atoms with Gasteiger partial charge in [-0.3, -0.25) is 9.69 Å². The molecule has 1 aliphatic heterocycles. The summed E-state index contributed by atoms with van der Waals surface area (Å²) >= 11 is 0. The molecule has 0 spiro atoms. The standard InChI is InChI=1S/C20H21N3O4/c24-18(22-17(19(25)26)12-14-6-2-1-3-7-14)15-8-4-9-16(13-15)23-11-5-10-21-20(23)27/h1-4,6-9,13,17H,5,10-12H2,(H,21,27)(H,22,24)(H,25,26)/t17-/m0/s1. The van der Waals surface area contributed by atoms with Gasteiger partial charge in [0.05, 0.1) is 0 Å². The molecule has 3 amide bonds. The Hall–Kier alpha value is -3.35. The van der Waals surface area contributed by atoms with Crippen molar-refractivity contribution in [3.63, 3.8) is 0 Å². The molecule has 1 atom stereocenters. The van der Waals surface area contributed by atoms with Crippen molar-refractivity contribution < 1.29 is 19.5 Å². The fraction of sp³-hybridized carbons (Fsp3) is 0.250. The first-order valence-corrected chi connectivity index (χ1v) is 8.77. The van der Waals surface area contributed by atoms with Crippen LogP contribution in [0.1, 0.15) is 22.3 Å². The number of hydrogen-bond acceptors (Lipinski definition) is 3. The van der Waals surface area contributed by atoms with E-state index in [4.69, 9.17) is 0 Å². The molecular formula is C20H21N3O4. The van der Waals surface area contributed by atoms with Crippen LogP contribution in [0.25, 0.3) is 0 Å². The van der Waals surface area contributed by atoms with Crippen molar-refractivity contribution in [2.75, 3.05) is 18.0 Å². The van der Waals surface area contributed by atoms with Crippen molar-refractivity contribution in [2.45, 2.75) is 18.9 Å². The summed E-state index contributed by atoms with van der Waals surface area (Å²) in [4.78, 5) is 37.7. The van der Waals surface area contributed by atoms with Crippen molar-refractivity contribution in [3.8, 4) is 0 Å². The first kappa shape index (κ1) is 18.4. The lowest BCUT2D eigenvalue weighted by molar-refractivity contribution is -0.139. The lowest BCUT2D eigenvalue weighted by Gasteiger charge is -2.27. The molecule has 3 rings (SSSR count). The molecule has 0 aliphatic carbocycles. The van der Waals surface area contributed by atoms with Crippen LogP contribution in [0, 0.1) is 0 Å². The minimum Gasteiger partial charge on any atom is -0.480 e.